The van der Waals surface area contributed by atoms with Gasteiger partial charge < -0.3 is 14.2 Å². The van der Waals surface area contributed by atoms with Gasteiger partial charge in [0.05, 0.1) is 12.1 Å². The van der Waals surface area contributed by atoms with Crippen LogP contribution in [0.5, 0.6) is 0 Å². The van der Waals surface area contributed by atoms with Gasteiger partial charge in [-0.1, -0.05) is 0 Å². The van der Waals surface area contributed by atoms with Crippen LogP contribution in [0.2, 0.25) is 0 Å². The van der Waals surface area contributed by atoms with Crippen LogP contribution in [0.25, 0.3) is 11.0 Å². The number of fused-ring (bicyclic) bond motifs is 3. The summed E-state index contributed by atoms with van der Waals surface area (Å²) in [5, 5.41) is 0.559. The summed E-state index contributed by atoms with van der Waals surface area (Å²) in [5.41, 5.74) is 0.702. The van der Waals surface area contributed by atoms with Gasteiger partial charge in [-0.3, -0.25) is 0 Å². The van der Waals surface area contributed by atoms with Gasteiger partial charge in [0, 0.05) is 42.7 Å². The zero-order chi connectivity index (χ0) is 17.6. The largest absolute Gasteiger partial charge is 0.459 e. The average molecular weight is 349 g/mol. The maximum Gasteiger partial charge on any atom is 0.340 e. The zero-order valence-electron chi connectivity index (χ0n) is 14.1. The lowest BCUT2D eigenvalue weighted by atomic mass is 10.0. The van der Waals surface area contributed by atoms with Crippen molar-refractivity contribution in [3.63, 3.8) is 0 Å². The molecule has 2 aromatic heterocycles. The molecule has 25 heavy (non-hydrogen) atoms. The predicted octanol–water partition coefficient (Wildman–Crippen LogP) is 3.08. The van der Waals surface area contributed by atoms with E-state index in [1.54, 1.807) is 12.1 Å². The van der Waals surface area contributed by atoms with Crippen LogP contribution >= 0.6 is 0 Å². The molecule has 0 unspecified atom stereocenters. The number of hydrogen-bond acceptors (Lipinski definition) is 4. The Balaban J connectivity index is 1.56. The van der Waals surface area contributed by atoms with E-state index in [2.05, 4.69) is 16.9 Å². The number of hydrogen-bond donors (Lipinski definition) is 0. The number of ether oxygens (including phenoxy) is 1. The number of pyridine rings is 1. The van der Waals surface area contributed by atoms with Crippen LogP contribution in [0.1, 0.15) is 36.0 Å². The van der Waals surface area contributed by atoms with E-state index in [1.807, 2.05) is 0 Å². The van der Waals surface area contributed by atoms with Crippen LogP contribution in [0, 0.1) is 0 Å². The van der Waals surface area contributed by atoms with E-state index in [0.717, 1.165) is 25.7 Å². The second kappa shape index (κ2) is 6.37. The lowest BCUT2D eigenvalue weighted by Crippen LogP contribution is -2.43. The summed E-state index contributed by atoms with van der Waals surface area (Å²) in [5.74, 6) is -0.444. The van der Waals surface area contributed by atoms with Crippen molar-refractivity contribution in [1.82, 2.24) is 14.5 Å². The summed E-state index contributed by atoms with van der Waals surface area (Å²) in [6.07, 6.45) is 4.33. The van der Waals surface area contributed by atoms with Crippen molar-refractivity contribution < 1.29 is 18.3 Å². The molecule has 0 aromatic carbocycles. The van der Waals surface area contributed by atoms with Gasteiger partial charge in [-0.05, 0) is 32.0 Å². The van der Waals surface area contributed by atoms with Crippen LogP contribution in [0.15, 0.2) is 24.5 Å². The summed E-state index contributed by atoms with van der Waals surface area (Å²) < 4.78 is 32.7. The number of halogens is 2. The van der Waals surface area contributed by atoms with Crippen LogP contribution in [-0.2, 0) is 11.3 Å². The molecule has 2 aliphatic rings. The minimum absolute atomic E-state index is 0.105. The molecule has 2 saturated heterocycles. The maximum atomic E-state index is 12.8. The monoisotopic (exact) mass is 349 g/mol. The number of nitrogens with zero attached hydrogens (tertiary/aromatic N) is 3. The molecule has 2 aliphatic heterocycles. The fraction of sp³-hybridized carbons (Fsp3) is 0.556. The first kappa shape index (κ1) is 16.4. The highest BCUT2D eigenvalue weighted by atomic mass is 19.3. The molecule has 0 aliphatic carbocycles. The summed E-state index contributed by atoms with van der Waals surface area (Å²) in [6, 6.07) is 4.36. The number of esters is 1. The topological polar surface area (TPSA) is 47.4 Å². The fourth-order valence-corrected chi connectivity index (χ4v) is 4.25. The van der Waals surface area contributed by atoms with Gasteiger partial charge in [-0.25, -0.2) is 18.6 Å². The van der Waals surface area contributed by atoms with Crippen molar-refractivity contribution >= 4 is 17.0 Å². The third kappa shape index (κ3) is 3.01. The van der Waals surface area contributed by atoms with Crippen molar-refractivity contribution in [2.75, 3.05) is 7.05 Å². The Morgan fingerprint density at radius 3 is 2.76 bits per heavy atom. The van der Waals surface area contributed by atoms with E-state index in [9.17, 15) is 13.6 Å². The van der Waals surface area contributed by atoms with Crippen molar-refractivity contribution in [1.29, 1.82) is 0 Å². The third-order valence-corrected chi connectivity index (χ3v) is 5.52. The van der Waals surface area contributed by atoms with Crippen LogP contribution < -0.4 is 0 Å². The summed E-state index contributed by atoms with van der Waals surface area (Å²) in [4.78, 5) is 19.2. The quantitative estimate of drug-likeness (QED) is 0.796. The first-order valence-electron chi connectivity index (χ1n) is 8.68. The minimum Gasteiger partial charge on any atom is -0.459 e. The Morgan fingerprint density at radius 1 is 1.36 bits per heavy atom. The van der Waals surface area contributed by atoms with Gasteiger partial charge in [0.1, 0.15) is 11.8 Å². The standard InChI is InChI=1S/C18H21F2N3O2/c1-22-11-4-5-12(22)8-13(7-11)25-18(24)15-9-23(10-16(19)20)17-14(15)3-2-6-21-17/h2-3,6,9,11-13,16H,4-5,7-8,10H2,1H3/t11-,12+,13-. The SMILES string of the molecule is CN1[C@@H]2CC[C@H]1C[C@H](OC(=O)c1cn(CC(F)F)c3ncccc13)C2. The molecule has 2 fully saturated rings. The summed E-state index contributed by atoms with van der Waals surface area (Å²) >= 11 is 0. The predicted molar refractivity (Wildman–Crippen MR) is 88.7 cm³/mol. The molecule has 134 valence electrons. The third-order valence-electron chi connectivity index (χ3n) is 5.52. The van der Waals surface area contributed by atoms with E-state index in [4.69, 9.17) is 4.74 Å². The van der Waals surface area contributed by atoms with Crippen molar-refractivity contribution in [2.45, 2.75) is 56.8 Å². The van der Waals surface area contributed by atoms with Gasteiger partial charge in [-0.15, -0.1) is 0 Å². The Kier molecular flexibility index (Phi) is 4.19. The Hall–Kier alpha value is -2.02. The molecule has 0 spiro atoms. The highest BCUT2D eigenvalue weighted by Crippen LogP contribution is 2.36. The molecule has 0 N–H and O–H groups in total. The highest BCUT2D eigenvalue weighted by molar-refractivity contribution is 6.03. The molecule has 0 radical (unpaired) electrons. The molecule has 4 heterocycles. The van der Waals surface area contributed by atoms with Crippen LogP contribution in [0.3, 0.4) is 0 Å². The number of aromatic nitrogens is 2. The number of carbonyl (C=O) groups excluding carboxylic acids is 1. The van der Waals surface area contributed by atoms with E-state index >= 15 is 0 Å². The molecule has 2 bridgehead atoms. The maximum absolute atomic E-state index is 12.8. The first-order valence-corrected chi connectivity index (χ1v) is 8.68. The first-order chi connectivity index (χ1) is 12.0. The molecule has 3 atom stereocenters. The number of piperidine rings is 1. The van der Waals surface area contributed by atoms with Crippen molar-refractivity contribution in [3.05, 3.63) is 30.1 Å². The van der Waals surface area contributed by atoms with Gasteiger partial charge in [-0.2, -0.15) is 0 Å². The second-order valence-electron chi connectivity index (χ2n) is 7.01. The van der Waals surface area contributed by atoms with Crippen LogP contribution in [0.4, 0.5) is 8.78 Å². The highest BCUT2D eigenvalue weighted by Gasteiger charge is 2.40. The van der Waals surface area contributed by atoms with E-state index in [1.165, 1.54) is 17.0 Å². The van der Waals surface area contributed by atoms with E-state index < -0.39 is 18.9 Å². The molecule has 5 nitrogen and oxygen atoms in total. The summed E-state index contributed by atoms with van der Waals surface area (Å²) in [6.45, 7) is -0.487. The number of alkyl halides is 2. The van der Waals surface area contributed by atoms with Gasteiger partial charge in [0.25, 0.3) is 6.43 Å². The molecule has 0 saturated carbocycles. The minimum atomic E-state index is -2.51. The Morgan fingerprint density at radius 2 is 2.08 bits per heavy atom. The van der Waals surface area contributed by atoms with E-state index in [-0.39, 0.29) is 6.10 Å². The smallest absolute Gasteiger partial charge is 0.340 e. The molecule has 0 amide bonds. The van der Waals surface area contributed by atoms with E-state index in [0.29, 0.717) is 28.7 Å². The summed E-state index contributed by atoms with van der Waals surface area (Å²) in [7, 11) is 2.13. The van der Waals surface area contributed by atoms with Gasteiger partial charge in [0.2, 0.25) is 0 Å². The normalized spacial score (nSPS) is 26.5. The molecule has 7 heteroatoms. The average Bonchev–Trinajstić information content (AvgIpc) is 3.01. The Bertz CT molecular complexity index is 778. The molecule has 2 aromatic rings. The van der Waals surface area contributed by atoms with Gasteiger partial charge >= 0.3 is 5.97 Å². The van der Waals surface area contributed by atoms with Gasteiger partial charge in [0.15, 0.2) is 0 Å². The number of carbonyl (C=O) groups is 1. The second-order valence-corrected chi connectivity index (χ2v) is 7.01. The lowest BCUT2D eigenvalue weighted by molar-refractivity contribution is -0.000318. The lowest BCUT2D eigenvalue weighted by Gasteiger charge is -2.35. The number of rotatable bonds is 4. The van der Waals surface area contributed by atoms with Crippen molar-refractivity contribution in [3.8, 4) is 0 Å². The molecular formula is C18H21F2N3O2. The van der Waals surface area contributed by atoms with Crippen molar-refractivity contribution in [2.24, 2.45) is 0 Å². The van der Waals surface area contributed by atoms with Crippen LogP contribution in [-0.4, -0.2) is 52.1 Å². The molecular weight excluding hydrogens is 328 g/mol. The Labute approximate surface area is 144 Å². The molecule has 4 rings (SSSR count). The fourth-order valence-electron chi connectivity index (χ4n) is 4.25. The zero-order valence-corrected chi connectivity index (χ0v) is 14.1.